The van der Waals surface area contributed by atoms with Gasteiger partial charge in [0.05, 0.1) is 0 Å². The number of benzene rings is 1. The third-order valence-corrected chi connectivity index (χ3v) is 3.16. The molecule has 1 unspecified atom stereocenters. The molecule has 0 aliphatic carbocycles. The summed E-state index contributed by atoms with van der Waals surface area (Å²) < 4.78 is 0. The van der Waals surface area contributed by atoms with Crippen molar-refractivity contribution in [2.45, 2.75) is 39.2 Å². The summed E-state index contributed by atoms with van der Waals surface area (Å²) in [4.78, 5) is 2.15. The monoisotopic (exact) mass is 258 g/mol. The Hall–Kier alpha value is -1.46. The van der Waals surface area contributed by atoms with Crippen LogP contribution in [0.5, 0.6) is 0 Å². The van der Waals surface area contributed by atoms with Crippen LogP contribution in [-0.2, 0) is 0 Å². The van der Waals surface area contributed by atoms with Gasteiger partial charge >= 0.3 is 0 Å². The van der Waals surface area contributed by atoms with E-state index < -0.39 is 0 Å². The molecule has 0 bridgehead atoms. The summed E-state index contributed by atoms with van der Waals surface area (Å²) in [6.45, 7) is 5.16. The number of anilines is 1. The summed E-state index contributed by atoms with van der Waals surface area (Å²) in [7, 11) is 4.16. The molecule has 104 valence electrons. The predicted molar refractivity (Wildman–Crippen MR) is 84.5 cm³/mol. The van der Waals surface area contributed by atoms with E-state index in [4.69, 9.17) is 0 Å². The first-order chi connectivity index (χ1) is 9.19. The van der Waals surface area contributed by atoms with Crippen molar-refractivity contribution in [3.63, 3.8) is 0 Å². The van der Waals surface area contributed by atoms with Crippen molar-refractivity contribution in [2.24, 2.45) is 0 Å². The molecule has 0 saturated heterocycles. The zero-order chi connectivity index (χ0) is 14.1. The highest BCUT2D eigenvalue weighted by atomic mass is 15.1. The number of nitrogens with one attached hydrogen (secondary N) is 1. The van der Waals surface area contributed by atoms with E-state index in [9.17, 15) is 0 Å². The highest BCUT2D eigenvalue weighted by molar-refractivity contribution is 5.47. The molecule has 0 amide bonds. The molecule has 0 aliphatic rings. The van der Waals surface area contributed by atoms with Crippen LogP contribution in [-0.4, -0.2) is 20.6 Å². The zero-order valence-electron chi connectivity index (χ0n) is 12.7. The fraction of sp³-hybridized carbons (Fsp3) is 0.529. The molecule has 2 heteroatoms. The fourth-order valence-corrected chi connectivity index (χ4v) is 2.07. The summed E-state index contributed by atoms with van der Waals surface area (Å²) in [5, 5.41) is 3.62. The van der Waals surface area contributed by atoms with E-state index in [0.717, 1.165) is 25.8 Å². The average Bonchev–Trinajstić information content (AvgIpc) is 2.43. The van der Waals surface area contributed by atoms with Gasteiger partial charge in [-0.25, -0.2) is 0 Å². The Morgan fingerprint density at radius 3 is 2.74 bits per heavy atom. The molecule has 0 fully saturated rings. The van der Waals surface area contributed by atoms with E-state index >= 15 is 0 Å². The van der Waals surface area contributed by atoms with Crippen molar-refractivity contribution in [1.29, 1.82) is 0 Å². The molecule has 0 spiro atoms. The lowest BCUT2D eigenvalue weighted by molar-refractivity contribution is 0.505. The van der Waals surface area contributed by atoms with Gasteiger partial charge in [-0.05, 0) is 44.0 Å². The van der Waals surface area contributed by atoms with E-state index in [2.05, 4.69) is 67.3 Å². The van der Waals surface area contributed by atoms with Gasteiger partial charge in [0.1, 0.15) is 0 Å². The Balaban J connectivity index is 2.81. The Morgan fingerprint density at radius 1 is 1.32 bits per heavy atom. The number of hydrogen-bond acceptors (Lipinski definition) is 2. The fourth-order valence-electron chi connectivity index (χ4n) is 2.07. The van der Waals surface area contributed by atoms with Crippen LogP contribution < -0.4 is 10.2 Å². The molecule has 2 nitrogen and oxygen atoms in total. The van der Waals surface area contributed by atoms with Crippen molar-refractivity contribution in [3.05, 3.63) is 29.8 Å². The Kier molecular flexibility index (Phi) is 7.07. The van der Waals surface area contributed by atoms with Crippen LogP contribution in [0.2, 0.25) is 0 Å². The molecular weight excluding hydrogens is 232 g/mol. The summed E-state index contributed by atoms with van der Waals surface area (Å²) in [6.07, 6.45) is 3.17. The molecule has 0 aliphatic heterocycles. The summed E-state index contributed by atoms with van der Waals surface area (Å²) in [5.74, 6) is 6.14. The minimum absolute atomic E-state index is 0.403. The number of hydrogen-bond donors (Lipinski definition) is 1. The second kappa shape index (κ2) is 8.61. The van der Waals surface area contributed by atoms with E-state index in [-0.39, 0.29) is 0 Å². The van der Waals surface area contributed by atoms with Crippen LogP contribution in [0.25, 0.3) is 0 Å². The maximum Gasteiger partial charge on any atom is 0.0364 e. The Morgan fingerprint density at radius 2 is 2.11 bits per heavy atom. The first-order valence-electron chi connectivity index (χ1n) is 7.09. The topological polar surface area (TPSA) is 15.3 Å². The first kappa shape index (κ1) is 15.6. The van der Waals surface area contributed by atoms with Crippen LogP contribution in [0, 0.1) is 11.8 Å². The molecular formula is C17H26N2. The van der Waals surface area contributed by atoms with Gasteiger partial charge in [-0.1, -0.05) is 19.1 Å². The van der Waals surface area contributed by atoms with Crippen LogP contribution >= 0.6 is 0 Å². The van der Waals surface area contributed by atoms with E-state index in [1.165, 1.54) is 11.3 Å². The second-order valence-electron chi connectivity index (χ2n) is 4.96. The molecule has 0 saturated carbocycles. The van der Waals surface area contributed by atoms with E-state index in [1.54, 1.807) is 0 Å². The van der Waals surface area contributed by atoms with Crippen molar-refractivity contribution < 1.29 is 0 Å². The van der Waals surface area contributed by atoms with Gasteiger partial charge in [-0.15, -0.1) is 11.8 Å². The average molecular weight is 258 g/mol. The lowest BCUT2D eigenvalue weighted by Crippen LogP contribution is -2.22. The lowest BCUT2D eigenvalue weighted by Gasteiger charge is -2.20. The van der Waals surface area contributed by atoms with Crippen LogP contribution in [0.3, 0.4) is 0 Å². The quantitative estimate of drug-likeness (QED) is 0.752. The van der Waals surface area contributed by atoms with Crippen molar-refractivity contribution in [1.82, 2.24) is 5.32 Å². The maximum absolute atomic E-state index is 3.62. The number of nitrogens with zero attached hydrogens (tertiary/aromatic N) is 1. The predicted octanol–water partition coefficient (Wildman–Crippen LogP) is 3.60. The highest BCUT2D eigenvalue weighted by Crippen LogP contribution is 2.22. The summed E-state index contributed by atoms with van der Waals surface area (Å²) >= 11 is 0. The van der Waals surface area contributed by atoms with Crippen molar-refractivity contribution >= 4 is 5.69 Å². The molecule has 0 heterocycles. The zero-order valence-corrected chi connectivity index (χ0v) is 12.7. The lowest BCUT2D eigenvalue weighted by atomic mass is 10.0. The molecule has 1 aromatic carbocycles. The molecule has 1 atom stereocenters. The van der Waals surface area contributed by atoms with Gasteiger partial charge in [0.15, 0.2) is 0 Å². The third kappa shape index (κ3) is 5.36. The maximum atomic E-state index is 3.62. The SMILES string of the molecule is CC#CCCC(NCCC)c1cccc(N(C)C)c1. The van der Waals surface area contributed by atoms with Crippen LogP contribution in [0.4, 0.5) is 5.69 Å². The Bertz CT molecular complexity index is 426. The van der Waals surface area contributed by atoms with Crippen LogP contribution in [0.15, 0.2) is 24.3 Å². The van der Waals surface area contributed by atoms with Gasteiger partial charge < -0.3 is 10.2 Å². The van der Waals surface area contributed by atoms with Gasteiger partial charge in [0, 0.05) is 32.2 Å². The minimum atomic E-state index is 0.403. The van der Waals surface area contributed by atoms with Gasteiger partial charge in [-0.2, -0.15) is 0 Å². The second-order valence-corrected chi connectivity index (χ2v) is 4.96. The molecule has 1 aromatic rings. The van der Waals surface area contributed by atoms with Crippen LogP contribution in [0.1, 0.15) is 44.7 Å². The molecule has 1 rings (SSSR count). The van der Waals surface area contributed by atoms with Gasteiger partial charge in [0.2, 0.25) is 0 Å². The summed E-state index contributed by atoms with van der Waals surface area (Å²) in [5.41, 5.74) is 2.61. The molecule has 19 heavy (non-hydrogen) atoms. The van der Waals surface area contributed by atoms with Gasteiger partial charge in [-0.3, -0.25) is 0 Å². The summed E-state index contributed by atoms with van der Waals surface area (Å²) in [6, 6.07) is 9.16. The minimum Gasteiger partial charge on any atom is -0.378 e. The number of rotatable bonds is 7. The highest BCUT2D eigenvalue weighted by Gasteiger charge is 2.10. The Labute approximate surface area is 118 Å². The van der Waals surface area contributed by atoms with E-state index in [1.807, 2.05) is 6.92 Å². The molecule has 0 radical (unpaired) electrons. The standard InChI is InChI=1S/C17H26N2/c1-5-7-8-12-17(18-13-6-2)15-10-9-11-16(14-15)19(3)4/h9-11,14,17-18H,6,8,12-13H2,1-4H3. The van der Waals surface area contributed by atoms with Crippen molar-refractivity contribution in [2.75, 3.05) is 25.5 Å². The van der Waals surface area contributed by atoms with Gasteiger partial charge in [0.25, 0.3) is 0 Å². The largest absolute Gasteiger partial charge is 0.378 e. The molecule has 1 N–H and O–H groups in total. The third-order valence-electron chi connectivity index (χ3n) is 3.16. The van der Waals surface area contributed by atoms with Crippen molar-refractivity contribution in [3.8, 4) is 11.8 Å². The normalized spacial score (nSPS) is 11.6. The van der Waals surface area contributed by atoms with E-state index in [0.29, 0.717) is 6.04 Å². The first-order valence-corrected chi connectivity index (χ1v) is 7.09. The smallest absolute Gasteiger partial charge is 0.0364 e. The molecule has 0 aromatic heterocycles.